The standard InChI is InChI=1S/C12H13FO/c1-8(14)9-6-7-12(13)11-5-3-2-4-10(9)11/h6-7H,2-5H2,1H3. The summed E-state index contributed by atoms with van der Waals surface area (Å²) in [6, 6.07) is 3.03. The lowest BCUT2D eigenvalue weighted by Gasteiger charge is -2.18. The smallest absolute Gasteiger partial charge is 0.160 e. The van der Waals surface area contributed by atoms with Gasteiger partial charge in [0.05, 0.1) is 0 Å². The topological polar surface area (TPSA) is 17.1 Å². The summed E-state index contributed by atoms with van der Waals surface area (Å²) in [5.74, 6) is -0.104. The SMILES string of the molecule is CC(=O)c1ccc(F)c2c1CCCC2. The molecule has 0 saturated carbocycles. The van der Waals surface area contributed by atoms with Crippen molar-refractivity contribution in [2.24, 2.45) is 0 Å². The number of ketones is 1. The molecule has 0 N–H and O–H groups in total. The van der Waals surface area contributed by atoms with Gasteiger partial charge in [-0.2, -0.15) is 0 Å². The van der Waals surface area contributed by atoms with Crippen LogP contribution in [0.3, 0.4) is 0 Å². The van der Waals surface area contributed by atoms with Crippen molar-refractivity contribution in [3.8, 4) is 0 Å². The second-order valence-corrected chi connectivity index (χ2v) is 3.82. The van der Waals surface area contributed by atoms with Crippen LogP contribution in [0.25, 0.3) is 0 Å². The van der Waals surface area contributed by atoms with Gasteiger partial charge in [-0.05, 0) is 55.9 Å². The third-order valence-corrected chi connectivity index (χ3v) is 2.86. The average Bonchev–Trinajstić information content (AvgIpc) is 2.18. The van der Waals surface area contributed by atoms with E-state index in [9.17, 15) is 9.18 Å². The van der Waals surface area contributed by atoms with Crippen molar-refractivity contribution in [3.05, 3.63) is 34.6 Å². The van der Waals surface area contributed by atoms with Crippen LogP contribution >= 0.6 is 0 Å². The predicted octanol–water partition coefficient (Wildman–Crippen LogP) is 2.91. The maximum absolute atomic E-state index is 13.4. The Morgan fingerprint density at radius 1 is 1.21 bits per heavy atom. The maximum Gasteiger partial charge on any atom is 0.160 e. The van der Waals surface area contributed by atoms with Crippen molar-refractivity contribution < 1.29 is 9.18 Å². The van der Waals surface area contributed by atoms with Crippen LogP contribution < -0.4 is 0 Å². The van der Waals surface area contributed by atoms with E-state index >= 15 is 0 Å². The summed E-state index contributed by atoms with van der Waals surface area (Å²) in [6.07, 6.45) is 3.73. The zero-order chi connectivity index (χ0) is 10.1. The lowest BCUT2D eigenvalue weighted by atomic mass is 9.87. The van der Waals surface area contributed by atoms with Gasteiger partial charge < -0.3 is 0 Å². The van der Waals surface area contributed by atoms with Crippen LogP contribution in [0.4, 0.5) is 4.39 Å². The van der Waals surface area contributed by atoms with Crippen LogP contribution in [-0.4, -0.2) is 5.78 Å². The lowest BCUT2D eigenvalue weighted by molar-refractivity contribution is 0.101. The summed E-state index contributed by atoms with van der Waals surface area (Å²) in [6.45, 7) is 1.54. The summed E-state index contributed by atoms with van der Waals surface area (Å²) < 4.78 is 13.4. The molecule has 1 aliphatic carbocycles. The Balaban J connectivity index is 2.59. The van der Waals surface area contributed by atoms with Crippen LogP contribution in [0.5, 0.6) is 0 Å². The van der Waals surface area contributed by atoms with Crippen LogP contribution in [0, 0.1) is 5.82 Å². The van der Waals surface area contributed by atoms with Crippen molar-refractivity contribution >= 4 is 5.78 Å². The van der Waals surface area contributed by atoms with Gasteiger partial charge in [-0.25, -0.2) is 4.39 Å². The van der Waals surface area contributed by atoms with Gasteiger partial charge in [0, 0.05) is 5.56 Å². The fraction of sp³-hybridized carbons (Fsp3) is 0.417. The van der Waals surface area contributed by atoms with E-state index in [1.807, 2.05) is 0 Å². The minimum absolute atomic E-state index is 0.0446. The molecule has 1 aliphatic rings. The fourth-order valence-corrected chi connectivity index (χ4v) is 2.15. The highest BCUT2D eigenvalue weighted by Crippen LogP contribution is 2.27. The zero-order valence-electron chi connectivity index (χ0n) is 8.27. The molecule has 0 fully saturated rings. The number of rotatable bonds is 1. The average molecular weight is 192 g/mol. The molecule has 0 aliphatic heterocycles. The third-order valence-electron chi connectivity index (χ3n) is 2.86. The van der Waals surface area contributed by atoms with Gasteiger partial charge in [-0.15, -0.1) is 0 Å². The van der Waals surface area contributed by atoms with Gasteiger partial charge in [0.25, 0.3) is 0 Å². The van der Waals surface area contributed by atoms with E-state index in [-0.39, 0.29) is 11.6 Å². The Morgan fingerprint density at radius 2 is 1.86 bits per heavy atom. The third kappa shape index (κ3) is 1.45. The molecule has 1 aromatic rings. The van der Waals surface area contributed by atoms with E-state index in [1.54, 1.807) is 13.0 Å². The van der Waals surface area contributed by atoms with E-state index in [2.05, 4.69) is 0 Å². The Morgan fingerprint density at radius 3 is 2.50 bits per heavy atom. The molecule has 0 heterocycles. The molecular weight excluding hydrogens is 179 g/mol. The minimum atomic E-state index is -0.148. The maximum atomic E-state index is 13.4. The highest BCUT2D eigenvalue weighted by molar-refractivity contribution is 5.96. The molecule has 0 spiro atoms. The van der Waals surface area contributed by atoms with Gasteiger partial charge in [0.1, 0.15) is 5.82 Å². The van der Waals surface area contributed by atoms with Crippen LogP contribution in [0.15, 0.2) is 12.1 Å². The van der Waals surface area contributed by atoms with Gasteiger partial charge in [-0.1, -0.05) is 0 Å². The number of benzene rings is 1. The molecule has 2 rings (SSSR count). The number of hydrogen-bond donors (Lipinski definition) is 0. The number of hydrogen-bond acceptors (Lipinski definition) is 1. The van der Waals surface area contributed by atoms with E-state index in [0.29, 0.717) is 5.56 Å². The predicted molar refractivity (Wildman–Crippen MR) is 53.0 cm³/mol. The molecule has 14 heavy (non-hydrogen) atoms. The number of fused-ring (bicyclic) bond motifs is 1. The first-order valence-corrected chi connectivity index (χ1v) is 5.01. The Bertz CT molecular complexity index is 382. The minimum Gasteiger partial charge on any atom is -0.295 e. The number of Topliss-reactive ketones (excluding diaryl/α,β-unsaturated/α-hetero) is 1. The Labute approximate surface area is 82.9 Å². The second kappa shape index (κ2) is 3.52. The van der Waals surface area contributed by atoms with Crippen molar-refractivity contribution in [1.29, 1.82) is 0 Å². The van der Waals surface area contributed by atoms with Crippen LogP contribution in [0.1, 0.15) is 41.3 Å². The van der Waals surface area contributed by atoms with Crippen LogP contribution in [-0.2, 0) is 12.8 Å². The normalized spacial score (nSPS) is 15.0. The van der Waals surface area contributed by atoms with Gasteiger partial charge in [0.15, 0.2) is 5.78 Å². The Kier molecular flexibility index (Phi) is 2.36. The van der Waals surface area contributed by atoms with E-state index in [0.717, 1.165) is 36.8 Å². The molecule has 2 heteroatoms. The molecule has 0 radical (unpaired) electrons. The molecule has 0 amide bonds. The van der Waals surface area contributed by atoms with Crippen LogP contribution in [0.2, 0.25) is 0 Å². The highest BCUT2D eigenvalue weighted by Gasteiger charge is 2.18. The Hall–Kier alpha value is -1.18. The summed E-state index contributed by atoms with van der Waals surface area (Å²) in [5.41, 5.74) is 2.42. The highest BCUT2D eigenvalue weighted by atomic mass is 19.1. The van der Waals surface area contributed by atoms with Gasteiger partial charge >= 0.3 is 0 Å². The molecule has 1 nitrogen and oxygen atoms in total. The van der Waals surface area contributed by atoms with E-state index < -0.39 is 0 Å². The number of carbonyl (C=O) groups is 1. The first kappa shape index (κ1) is 9.38. The molecule has 0 saturated heterocycles. The molecule has 1 aromatic carbocycles. The monoisotopic (exact) mass is 192 g/mol. The molecule has 0 unspecified atom stereocenters. The summed E-state index contributed by atoms with van der Waals surface area (Å²) in [5, 5.41) is 0. The summed E-state index contributed by atoms with van der Waals surface area (Å²) >= 11 is 0. The van der Waals surface area contributed by atoms with Crippen molar-refractivity contribution in [1.82, 2.24) is 0 Å². The van der Waals surface area contributed by atoms with Gasteiger partial charge in [-0.3, -0.25) is 4.79 Å². The lowest BCUT2D eigenvalue weighted by Crippen LogP contribution is -2.11. The van der Waals surface area contributed by atoms with E-state index in [1.165, 1.54) is 6.07 Å². The van der Waals surface area contributed by atoms with Crippen molar-refractivity contribution in [2.45, 2.75) is 32.6 Å². The van der Waals surface area contributed by atoms with Gasteiger partial charge in [0.2, 0.25) is 0 Å². The van der Waals surface area contributed by atoms with E-state index in [4.69, 9.17) is 0 Å². The zero-order valence-corrected chi connectivity index (χ0v) is 8.27. The number of carbonyl (C=O) groups excluding carboxylic acids is 1. The largest absolute Gasteiger partial charge is 0.295 e. The molecule has 0 atom stereocenters. The molecular formula is C12H13FO. The first-order chi connectivity index (χ1) is 6.70. The molecule has 74 valence electrons. The van der Waals surface area contributed by atoms with Crippen molar-refractivity contribution in [3.63, 3.8) is 0 Å². The quantitative estimate of drug-likeness (QED) is 0.625. The fourth-order valence-electron chi connectivity index (χ4n) is 2.15. The first-order valence-electron chi connectivity index (χ1n) is 5.01. The molecule has 0 bridgehead atoms. The second-order valence-electron chi connectivity index (χ2n) is 3.82. The number of halogens is 1. The molecule has 0 aromatic heterocycles. The van der Waals surface area contributed by atoms with Crippen molar-refractivity contribution in [2.75, 3.05) is 0 Å². The summed E-state index contributed by atoms with van der Waals surface area (Å²) in [4.78, 5) is 11.3. The summed E-state index contributed by atoms with van der Waals surface area (Å²) in [7, 11) is 0.